The van der Waals surface area contributed by atoms with E-state index in [-0.39, 0.29) is 51.0 Å². The fourth-order valence-electron chi connectivity index (χ4n) is 3.30. The van der Waals surface area contributed by atoms with E-state index < -0.39 is 0 Å². The molecule has 3 heteroatoms. The third-order valence-electron chi connectivity index (χ3n) is 4.52. The van der Waals surface area contributed by atoms with Crippen molar-refractivity contribution in [3.63, 3.8) is 0 Å². The van der Waals surface area contributed by atoms with Crippen LogP contribution >= 0.6 is 0 Å². The van der Waals surface area contributed by atoms with Crippen LogP contribution < -0.4 is 24.8 Å². The van der Waals surface area contributed by atoms with E-state index >= 15 is 0 Å². The second-order valence-electron chi connectivity index (χ2n) is 6.00. The molecule has 0 nitrogen and oxygen atoms in total. The summed E-state index contributed by atoms with van der Waals surface area (Å²) < 4.78 is 0. The van der Waals surface area contributed by atoms with Gasteiger partial charge in [0, 0.05) is 0 Å². The fraction of sp³-hybridized carbons (Fsp3) is 0.0870. The van der Waals surface area contributed by atoms with Gasteiger partial charge in [-0.15, -0.1) is 40.6 Å². The topological polar surface area (TPSA) is 0 Å². The Morgan fingerprint density at radius 2 is 1.54 bits per heavy atom. The molecule has 0 aromatic heterocycles. The predicted octanol–water partition coefficient (Wildman–Crippen LogP) is -0.0694. The first kappa shape index (κ1) is 22.8. The van der Waals surface area contributed by atoms with Crippen molar-refractivity contribution >= 4 is 10.8 Å². The maximum absolute atomic E-state index is 3.30. The van der Waals surface area contributed by atoms with Crippen LogP contribution in [0.4, 0.5) is 0 Å². The second-order valence-corrected chi connectivity index (χ2v) is 6.00. The molecule has 0 radical (unpaired) electrons. The van der Waals surface area contributed by atoms with E-state index in [0.29, 0.717) is 0 Å². The quantitative estimate of drug-likeness (QED) is 0.286. The van der Waals surface area contributed by atoms with Gasteiger partial charge in [-0.05, 0) is 6.42 Å². The third-order valence-corrected chi connectivity index (χ3v) is 4.52. The normalized spacial score (nSPS) is 10.2. The zero-order valence-electron chi connectivity index (χ0n) is 14.5. The third kappa shape index (κ3) is 4.52. The number of aryl methyl sites for hydroxylation is 1. The molecule has 128 valence electrons. The van der Waals surface area contributed by atoms with Gasteiger partial charge in [-0.2, -0.15) is 41.5 Å². The molecule has 0 heterocycles. The Morgan fingerprint density at radius 1 is 0.846 bits per heavy atom. The van der Waals surface area contributed by atoms with Gasteiger partial charge in [0.25, 0.3) is 0 Å². The molecule has 26 heavy (non-hydrogen) atoms. The van der Waals surface area contributed by atoms with Crippen LogP contribution in [0.3, 0.4) is 0 Å². The van der Waals surface area contributed by atoms with Gasteiger partial charge in [0.1, 0.15) is 0 Å². The van der Waals surface area contributed by atoms with Crippen LogP contribution in [-0.4, -0.2) is 0 Å². The average molecular weight is 457 g/mol. The molecule has 0 atom stereocenters. The number of fused-ring (bicyclic) bond motifs is 4. The van der Waals surface area contributed by atoms with E-state index in [1.54, 1.807) is 0 Å². The molecule has 0 fully saturated rings. The van der Waals surface area contributed by atoms with E-state index in [4.69, 9.17) is 0 Å². The van der Waals surface area contributed by atoms with Crippen molar-refractivity contribution in [1.29, 1.82) is 0 Å². The van der Waals surface area contributed by atoms with Crippen molar-refractivity contribution in [3.05, 3.63) is 102 Å². The SMILES string of the molecule is Cc1c[cH-]c2ccccc12.[Cl-].[Cl-].[Zr+4].[c-]1cccc2c1Cc1ccccc1-2. The van der Waals surface area contributed by atoms with Crippen LogP contribution in [0.15, 0.2) is 78.9 Å². The summed E-state index contributed by atoms with van der Waals surface area (Å²) in [5.74, 6) is 0. The van der Waals surface area contributed by atoms with Crippen LogP contribution in [0.1, 0.15) is 16.7 Å². The smallest absolute Gasteiger partial charge is 1.00 e. The molecule has 0 unspecified atom stereocenters. The molecule has 0 saturated heterocycles. The molecular formula is C23H18Cl2Zr. The van der Waals surface area contributed by atoms with Gasteiger partial charge in [0.2, 0.25) is 0 Å². The standard InChI is InChI=1S/C13H9.C10H9.2ClH.Zr/c1-3-7-12-10(5-1)9-11-6-2-4-8-13(11)12;1-8-6-7-9-4-2-3-5-10(8)9;;;/h1-5,7-8H,9H2;2-7H,1H3;2*1H;/q2*-1;;;+4/p-2. The van der Waals surface area contributed by atoms with Crippen molar-refractivity contribution in [2.24, 2.45) is 0 Å². The Balaban J connectivity index is 0.000000239. The number of rotatable bonds is 0. The van der Waals surface area contributed by atoms with Crippen molar-refractivity contribution in [1.82, 2.24) is 0 Å². The molecule has 0 spiro atoms. The number of hydrogen-bond donors (Lipinski definition) is 0. The molecule has 1 aliphatic rings. The first-order valence-electron chi connectivity index (χ1n) is 8.02. The molecule has 0 saturated carbocycles. The fourth-order valence-corrected chi connectivity index (χ4v) is 3.30. The Labute approximate surface area is 187 Å². The molecule has 5 rings (SSSR count). The number of hydrogen-bond acceptors (Lipinski definition) is 0. The number of halogens is 2. The van der Waals surface area contributed by atoms with E-state index in [1.165, 1.54) is 38.6 Å². The Hall–Kier alpha value is -1.27. The molecule has 4 aromatic carbocycles. The van der Waals surface area contributed by atoms with E-state index in [0.717, 1.165) is 6.42 Å². The van der Waals surface area contributed by atoms with Crippen LogP contribution in [-0.2, 0) is 32.6 Å². The maximum Gasteiger partial charge on any atom is 4.00 e. The second kappa shape index (κ2) is 10.2. The summed E-state index contributed by atoms with van der Waals surface area (Å²) in [7, 11) is 0. The van der Waals surface area contributed by atoms with Crippen molar-refractivity contribution < 1.29 is 51.0 Å². The Morgan fingerprint density at radius 3 is 2.35 bits per heavy atom. The van der Waals surface area contributed by atoms with Gasteiger partial charge in [-0.1, -0.05) is 48.4 Å². The van der Waals surface area contributed by atoms with E-state index in [1.807, 2.05) is 6.07 Å². The van der Waals surface area contributed by atoms with Crippen molar-refractivity contribution in [2.75, 3.05) is 0 Å². The summed E-state index contributed by atoms with van der Waals surface area (Å²) in [5, 5.41) is 2.72. The zero-order chi connectivity index (χ0) is 15.6. The average Bonchev–Trinajstić information content (AvgIpc) is 3.17. The minimum atomic E-state index is 0. The van der Waals surface area contributed by atoms with E-state index in [9.17, 15) is 0 Å². The maximum atomic E-state index is 3.30. The molecular weight excluding hydrogens is 438 g/mol. The van der Waals surface area contributed by atoms with Gasteiger partial charge >= 0.3 is 26.2 Å². The zero-order valence-corrected chi connectivity index (χ0v) is 18.4. The molecule has 0 N–H and O–H groups in total. The molecule has 4 aromatic rings. The van der Waals surface area contributed by atoms with Gasteiger partial charge in [0.15, 0.2) is 0 Å². The van der Waals surface area contributed by atoms with Gasteiger partial charge in [-0.3, -0.25) is 0 Å². The molecule has 1 aliphatic carbocycles. The minimum Gasteiger partial charge on any atom is -1.00 e. The molecule has 0 aliphatic heterocycles. The molecule has 0 amide bonds. The van der Waals surface area contributed by atoms with Crippen LogP contribution in [0, 0.1) is 13.0 Å². The van der Waals surface area contributed by atoms with Crippen molar-refractivity contribution in [2.45, 2.75) is 13.3 Å². The first-order chi connectivity index (χ1) is 11.3. The minimum absolute atomic E-state index is 0. The monoisotopic (exact) mass is 454 g/mol. The summed E-state index contributed by atoms with van der Waals surface area (Å²) in [6.07, 6.45) is 1.05. The van der Waals surface area contributed by atoms with Crippen LogP contribution in [0.25, 0.3) is 21.9 Å². The van der Waals surface area contributed by atoms with Crippen molar-refractivity contribution in [3.8, 4) is 11.1 Å². The Kier molecular flexibility index (Phi) is 8.91. The largest absolute Gasteiger partial charge is 4.00 e. The van der Waals surface area contributed by atoms with Crippen LogP contribution in [0.2, 0.25) is 0 Å². The number of benzene rings is 3. The Bertz CT molecular complexity index is 929. The summed E-state index contributed by atoms with van der Waals surface area (Å²) in [6.45, 7) is 2.14. The summed E-state index contributed by atoms with van der Waals surface area (Å²) in [6, 6.07) is 30.9. The molecule has 0 bridgehead atoms. The van der Waals surface area contributed by atoms with E-state index in [2.05, 4.69) is 85.8 Å². The van der Waals surface area contributed by atoms with Gasteiger partial charge in [0.05, 0.1) is 0 Å². The van der Waals surface area contributed by atoms with Gasteiger partial charge < -0.3 is 24.8 Å². The predicted molar refractivity (Wildman–Crippen MR) is 97.8 cm³/mol. The summed E-state index contributed by atoms with van der Waals surface area (Å²) in [5.41, 5.74) is 6.88. The summed E-state index contributed by atoms with van der Waals surface area (Å²) in [4.78, 5) is 0. The first-order valence-corrected chi connectivity index (χ1v) is 8.02. The van der Waals surface area contributed by atoms with Crippen LogP contribution in [0.5, 0.6) is 0 Å². The van der Waals surface area contributed by atoms with Gasteiger partial charge in [-0.25, -0.2) is 0 Å². The summed E-state index contributed by atoms with van der Waals surface area (Å²) >= 11 is 0.